The first-order valence-electron chi connectivity index (χ1n) is 7.03. The van der Waals surface area contributed by atoms with Crippen molar-refractivity contribution in [3.63, 3.8) is 0 Å². The standard InChI is InChI=1S/C16H12BrN3O4S/c1-24-16(21)11-6-5-10(17)9-13(11)20-25(22,23)14-4-2-3-12-15(14)19-8-7-18-12/h2-9,20H,1H3. The molecule has 7 nitrogen and oxygen atoms in total. The Morgan fingerprint density at radius 1 is 1.16 bits per heavy atom. The molecule has 0 unspecified atom stereocenters. The largest absolute Gasteiger partial charge is 0.465 e. The summed E-state index contributed by atoms with van der Waals surface area (Å²) in [7, 11) is -2.78. The molecule has 25 heavy (non-hydrogen) atoms. The number of benzene rings is 2. The van der Waals surface area contributed by atoms with E-state index in [-0.39, 0.29) is 21.7 Å². The maximum atomic E-state index is 12.8. The molecule has 0 aliphatic carbocycles. The highest BCUT2D eigenvalue weighted by molar-refractivity contribution is 9.10. The Bertz CT molecular complexity index is 1060. The van der Waals surface area contributed by atoms with E-state index in [0.717, 1.165) is 0 Å². The number of halogens is 1. The van der Waals surface area contributed by atoms with Gasteiger partial charge in [-0.1, -0.05) is 22.0 Å². The maximum Gasteiger partial charge on any atom is 0.339 e. The van der Waals surface area contributed by atoms with Crippen LogP contribution in [0.5, 0.6) is 0 Å². The third kappa shape index (κ3) is 3.47. The van der Waals surface area contributed by atoms with E-state index >= 15 is 0 Å². The number of anilines is 1. The van der Waals surface area contributed by atoms with Gasteiger partial charge in [-0.25, -0.2) is 13.2 Å². The molecule has 3 rings (SSSR count). The number of aromatic nitrogens is 2. The zero-order valence-electron chi connectivity index (χ0n) is 12.9. The van der Waals surface area contributed by atoms with Gasteiger partial charge in [-0.15, -0.1) is 0 Å². The van der Waals surface area contributed by atoms with E-state index in [1.807, 2.05) is 0 Å². The van der Waals surface area contributed by atoms with Crippen molar-refractivity contribution in [2.75, 3.05) is 11.8 Å². The lowest BCUT2D eigenvalue weighted by Gasteiger charge is -2.13. The summed E-state index contributed by atoms with van der Waals surface area (Å²) in [6.45, 7) is 0. The lowest BCUT2D eigenvalue weighted by Crippen LogP contribution is -2.17. The molecular weight excluding hydrogens is 410 g/mol. The number of fused-ring (bicyclic) bond motifs is 1. The quantitative estimate of drug-likeness (QED) is 0.650. The first-order valence-corrected chi connectivity index (χ1v) is 9.30. The van der Waals surface area contributed by atoms with Crippen molar-refractivity contribution in [3.8, 4) is 0 Å². The van der Waals surface area contributed by atoms with Gasteiger partial charge in [-0.3, -0.25) is 14.7 Å². The third-order valence-corrected chi connectivity index (χ3v) is 5.27. The fourth-order valence-corrected chi connectivity index (χ4v) is 3.87. The monoisotopic (exact) mass is 421 g/mol. The van der Waals surface area contributed by atoms with E-state index in [4.69, 9.17) is 4.74 Å². The minimum Gasteiger partial charge on any atom is -0.465 e. The summed E-state index contributed by atoms with van der Waals surface area (Å²) in [6, 6.07) is 9.24. The van der Waals surface area contributed by atoms with Crippen molar-refractivity contribution in [3.05, 3.63) is 58.8 Å². The number of ether oxygens (including phenoxy) is 1. The molecule has 0 spiro atoms. The van der Waals surface area contributed by atoms with E-state index in [1.54, 1.807) is 18.2 Å². The van der Waals surface area contributed by atoms with Gasteiger partial charge < -0.3 is 4.74 Å². The van der Waals surface area contributed by atoms with Crippen LogP contribution in [-0.2, 0) is 14.8 Å². The van der Waals surface area contributed by atoms with Gasteiger partial charge in [0.25, 0.3) is 10.0 Å². The van der Waals surface area contributed by atoms with Crippen LogP contribution in [0.3, 0.4) is 0 Å². The summed E-state index contributed by atoms with van der Waals surface area (Å²) in [5.41, 5.74) is 0.891. The summed E-state index contributed by atoms with van der Waals surface area (Å²) in [4.78, 5) is 20.0. The predicted molar refractivity (Wildman–Crippen MR) is 95.8 cm³/mol. The Balaban J connectivity index is 2.11. The number of rotatable bonds is 4. The minimum atomic E-state index is -4.00. The highest BCUT2D eigenvalue weighted by Crippen LogP contribution is 2.27. The Labute approximate surface area is 152 Å². The lowest BCUT2D eigenvalue weighted by molar-refractivity contribution is 0.0602. The minimum absolute atomic E-state index is 0.0334. The maximum absolute atomic E-state index is 12.8. The molecule has 0 radical (unpaired) electrons. The van der Waals surface area contributed by atoms with E-state index in [1.165, 1.54) is 37.7 Å². The third-order valence-electron chi connectivity index (χ3n) is 3.38. The number of esters is 1. The van der Waals surface area contributed by atoms with Crippen LogP contribution >= 0.6 is 15.9 Å². The highest BCUT2D eigenvalue weighted by atomic mass is 79.9. The van der Waals surface area contributed by atoms with Crippen LogP contribution in [0.4, 0.5) is 5.69 Å². The van der Waals surface area contributed by atoms with Crippen molar-refractivity contribution < 1.29 is 17.9 Å². The molecule has 0 saturated heterocycles. The molecule has 128 valence electrons. The van der Waals surface area contributed by atoms with Crippen LogP contribution in [0.25, 0.3) is 11.0 Å². The summed E-state index contributed by atoms with van der Waals surface area (Å²) >= 11 is 3.26. The number of nitrogens with zero attached hydrogens (tertiary/aromatic N) is 2. The number of carbonyl (C=O) groups excluding carboxylic acids is 1. The van der Waals surface area contributed by atoms with Gasteiger partial charge in [0.15, 0.2) is 0 Å². The molecule has 3 aromatic rings. The number of hydrogen-bond acceptors (Lipinski definition) is 6. The number of carbonyl (C=O) groups is 1. The van der Waals surface area contributed by atoms with Crippen molar-refractivity contribution >= 4 is 48.6 Å². The van der Waals surface area contributed by atoms with Crippen molar-refractivity contribution in [2.45, 2.75) is 4.90 Å². The van der Waals surface area contributed by atoms with Gasteiger partial charge in [0.2, 0.25) is 0 Å². The molecule has 0 bridgehead atoms. The molecule has 2 aromatic carbocycles. The van der Waals surface area contributed by atoms with Crippen LogP contribution < -0.4 is 4.72 Å². The van der Waals surface area contributed by atoms with Gasteiger partial charge in [-0.2, -0.15) is 0 Å². The van der Waals surface area contributed by atoms with Crippen molar-refractivity contribution in [1.82, 2.24) is 9.97 Å². The molecular formula is C16H12BrN3O4S. The summed E-state index contributed by atoms with van der Waals surface area (Å²) in [5.74, 6) is -0.650. The Morgan fingerprint density at radius 2 is 1.92 bits per heavy atom. The van der Waals surface area contributed by atoms with Crippen LogP contribution in [0, 0.1) is 0 Å². The molecule has 9 heteroatoms. The molecule has 1 heterocycles. The number of nitrogens with one attached hydrogen (secondary N) is 1. The first-order chi connectivity index (χ1) is 11.9. The Morgan fingerprint density at radius 3 is 2.68 bits per heavy atom. The van der Waals surface area contributed by atoms with E-state index < -0.39 is 16.0 Å². The van der Waals surface area contributed by atoms with Crippen LogP contribution in [-0.4, -0.2) is 31.5 Å². The van der Waals surface area contributed by atoms with Crippen LogP contribution in [0.2, 0.25) is 0 Å². The Kier molecular flexibility index (Phi) is 4.69. The van der Waals surface area contributed by atoms with Crippen LogP contribution in [0.1, 0.15) is 10.4 Å². The molecule has 0 fully saturated rings. The number of para-hydroxylation sites is 1. The van der Waals surface area contributed by atoms with Gasteiger partial charge in [-0.05, 0) is 30.3 Å². The molecule has 1 aromatic heterocycles. The second kappa shape index (κ2) is 6.77. The van der Waals surface area contributed by atoms with E-state index in [2.05, 4.69) is 30.6 Å². The van der Waals surface area contributed by atoms with Gasteiger partial charge in [0.05, 0.1) is 23.9 Å². The van der Waals surface area contributed by atoms with Gasteiger partial charge in [0.1, 0.15) is 10.4 Å². The highest BCUT2D eigenvalue weighted by Gasteiger charge is 2.22. The second-order valence-corrected chi connectivity index (χ2v) is 7.53. The average molecular weight is 422 g/mol. The van der Waals surface area contributed by atoms with Gasteiger partial charge in [0, 0.05) is 16.9 Å². The van der Waals surface area contributed by atoms with Gasteiger partial charge >= 0.3 is 5.97 Å². The first kappa shape index (κ1) is 17.3. The topological polar surface area (TPSA) is 98.2 Å². The fraction of sp³-hybridized carbons (Fsp3) is 0.0625. The molecule has 0 saturated carbocycles. The number of sulfonamides is 1. The van der Waals surface area contributed by atoms with Crippen molar-refractivity contribution in [2.24, 2.45) is 0 Å². The lowest BCUT2D eigenvalue weighted by atomic mass is 10.2. The van der Waals surface area contributed by atoms with Crippen LogP contribution in [0.15, 0.2) is 58.2 Å². The predicted octanol–water partition coefficient (Wildman–Crippen LogP) is 2.98. The molecule has 0 aliphatic rings. The summed E-state index contributed by atoms with van der Waals surface area (Å²) in [5, 5.41) is 0. The number of methoxy groups -OCH3 is 1. The summed E-state index contributed by atoms with van der Waals surface area (Å²) in [6.07, 6.45) is 2.90. The Hall–Kier alpha value is -2.52. The fourth-order valence-electron chi connectivity index (χ4n) is 2.27. The van der Waals surface area contributed by atoms with E-state index in [9.17, 15) is 13.2 Å². The van der Waals surface area contributed by atoms with E-state index in [0.29, 0.717) is 9.99 Å². The normalized spacial score (nSPS) is 11.3. The summed E-state index contributed by atoms with van der Waals surface area (Å²) < 4.78 is 33.4. The molecule has 0 amide bonds. The SMILES string of the molecule is COC(=O)c1ccc(Br)cc1NS(=O)(=O)c1cccc2nccnc12. The smallest absolute Gasteiger partial charge is 0.339 e. The average Bonchev–Trinajstić information content (AvgIpc) is 2.60. The second-order valence-electron chi connectivity index (χ2n) is 4.97. The zero-order valence-corrected chi connectivity index (χ0v) is 15.3. The molecule has 1 N–H and O–H groups in total. The number of hydrogen-bond donors (Lipinski definition) is 1. The molecule has 0 aliphatic heterocycles. The molecule has 0 atom stereocenters. The zero-order chi connectivity index (χ0) is 18.0. The van der Waals surface area contributed by atoms with Crippen molar-refractivity contribution in [1.29, 1.82) is 0 Å².